The lowest BCUT2D eigenvalue weighted by molar-refractivity contribution is -0.133. The average Bonchev–Trinajstić information content (AvgIpc) is 2.62. The summed E-state index contributed by atoms with van der Waals surface area (Å²) in [6.45, 7) is 4.00. The lowest BCUT2D eigenvalue weighted by atomic mass is 9.92. The summed E-state index contributed by atoms with van der Waals surface area (Å²) in [7, 11) is 0. The molecule has 5 heteroatoms. The predicted molar refractivity (Wildman–Crippen MR) is 80.8 cm³/mol. The zero-order valence-electron chi connectivity index (χ0n) is 13.3. The standard InChI is InChI=1S/C16H28N2O3/c1-3-4-9-15(2)13(19)18(14(20)17-15)12-16(21)10-7-5-6-8-11-16/h21H,3-12H2,1-2H3,(H,17,20)/t15-/m1/s1. The summed E-state index contributed by atoms with van der Waals surface area (Å²) in [6, 6.07) is -0.351. The first-order chi connectivity index (χ1) is 9.90. The Bertz CT molecular complexity index is 402. The Morgan fingerprint density at radius 2 is 1.81 bits per heavy atom. The van der Waals surface area contributed by atoms with Gasteiger partial charge in [0.15, 0.2) is 0 Å². The molecule has 0 aromatic heterocycles. The van der Waals surface area contributed by atoms with Gasteiger partial charge in [0.25, 0.3) is 5.91 Å². The number of unbranched alkanes of at least 4 members (excludes halogenated alkanes) is 1. The number of carbonyl (C=O) groups excluding carboxylic acids is 2. The molecular formula is C16H28N2O3. The molecule has 1 saturated carbocycles. The van der Waals surface area contributed by atoms with Gasteiger partial charge in [-0.2, -0.15) is 0 Å². The van der Waals surface area contributed by atoms with Crippen molar-refractivity contribution in [3.8, 4) is 0 Å². The summed E-state index contributed by atoms with van der Waals surface area (Å²) in [5.74, 6) is -0.182. The minimum atomic E-state index is -0.903. The highest BCUT2D eigenvalue weighted by Gasteiger charge is 2.49. The fraction of sp³-hybridized carbons (Fsp3) is 0.875. The molecule has 5 nitrogen and oxygen atoms in total. The van der Waals surface area contributed by atoms with Crippen molar-refractivity contribution in [3.63, 3.8) is 0 Å². The second-order valence-corrected chi connectivity index (χ2v) is 6.90. The smallest absolute Gasteiger partial charge is 0.325 e. The number of aliphatic hydroxyl groups is 1. The van der Waals surface area contributed by atoms with Gasteiger partial charge in [-0.15, -0.1) is 0 Å². The van der Waals surface area contributed by atoms with E-state index in [1.165, 1.54) is 4.90 Å². The van der Waals surface area contributed by atoms with Crippen molar-refractivity contribution < 1.29 is 14.7 Å². The van der Waals surface area contributed by atoms with Crippen molar-refractivity contribution in [2.24, 2.45) is 0 Å². The van der Waals surface area contributed by atoms with E-state index in [1.54, 1.807) is 6.92 Å². The van der Waals surface area contributed by atoms with E-state index in [2.05, 4.69) is 12.2 Å². The van der Waals surface area contributed by atoms with Gasteiger partial charge in [0.05, 0.1) is 12.1 Å². The van der Waals surface area contributed by atoms with Crippen LogP contribution < -0.4 is 5.32 Å². The molecule has 0 spiro atoms. The molecule has 1 atom stereocenters. The average molecular weight is 296 g/mol. The predicted octanol–water partition coefficient (Wildman–Crippen LogP) is 2.57. The first-order valence-electron chi connectivity index (χ1n) is 8.27. The number of rotatable bonds is 5. The van der Waals surface area contributed by atoms with Gasteiger partial charge in [-0.3, -0.25) is 9.69 Å². The molecule has 2 rings (SSSR count). The summed E-state index contributed by atoms with van der Waals surface area (Å²) in [6.07, 6.45) is 8.08. The van der Waals surface area contributed by atoms with Crippen molar-refractivity contribution in [1.29, 1.82) is 0 Å². The second-order valence-electron chi connectivity index (χ2n) is 6.90. The van der Waals surface area contributed by atoms with Gasteiger partial charge in [-0.1, -0.05) is 45.4 Å². The molecular weight excluding hydrogens is 268 g/mol. The molecule has 1 saturated heterocycles. The fourth-order valence-electron chi connectivity index (χ4n) is 3.43. The van der Waals surface area contributed by atoms with E-state index in [9.17, 15) is 14.7 Å². The Morgan fingerprint density at radius 1 is 1.19 bits per heavy atom. The molecule has 1 aliphatic heterocycles. The van der Waals surface area contributed by atoms with Crippen molar-refractivity contribution in [1.82, 2.24) is 10.2 Å². The minimum Gasteiger partial charge on any atom is -0.388 e. The Kier molecular flexibility index (Phi) is 4.91. The van der Waals surface area contributed by atoms with Crippen molar-refractivity contribution in [2.45, 2.75) is 82.8 Å². The number of imide groups is 1. The van der Waals surface area contributed by atoms with Gasteiger partial charge < -0.3 is 10.4 Å². The van der Waals surface area contributed by atoms with Crippen LogP contribution in [0.1, 0.15) is 71.6 Å². The third-order valence-corrected chi connectivity index (χ3v) is 4.86. The lowest BCUT2D eigenvalue weighted by Crippen LogP contribution is -2.47. The van der Waals surface area contributed by atoms with Crippen molar-refractivity contribution >= 4 is 11.9 Å². The number of nitrogens with zero attached hydrogens (tertiary/aromatic N) is 1. The quantitative estimate of drug-likeness (QED) is 0.605. The van der Waals surface area contributed by atoms with Crippen LogP contribution in [-0.4, -0.2) is 39.6 Å². The molecule has 1 aliphatic carbocycles. The monoisotopic (exact) mass is 296 g/mol. The first kappa shape index (κ1) is 16.3. The maximum absolute atomic E-state index is 12.6. The summed E-state index contributed by atoms with van der Waals surface area (Å²) in [5.41, 5.74) is -1.70. The van der Waals surface area contributed by atoms with Crippen molar-refractivity contribution in [3.05, 3.63) is 0 Å². The summed E-state index contributed by atoms with van der Waals surface area (Å²) >= 11 is 0. The van der Waals surface area contributed by atoms with Crippen LogP contribution in [0.3, 0.4) is 0 Å². The zero-order chi connectivity index (χ0) is 15.5. The molecule has 2 aliphatic rings. The lowest BCUT2D eigenvalue weighted by Gasteiger charge is -2.30. The zero-order valence-corrected chi connectivity index (χ0v) is 13.3. The first-order valence-corrected chi connectivity index (χ1v) is 8.27. The maximum atomic E-state index is 12.6. The molecule has 0 bridgehead atoms. The highest BCUT2D eigenvalue weighted by molar-refractivity contribution is 6.06. The van der Waals surface area contributed by atoms with E-state index in [0.29, 0.717) is 19.3 Å². The Labute approximate surface area is 127 Å². The molecule has 1 heterocycles. The Hall–Kier alpha value is -1.10. The van der Waals surface area contributed by atoms with E-state index in [0.717, 1.165) is 38.5 Å². The Morgan fingerprint density at radius 3 is 2.38 bits per heavy atom. The van der Waals surface area contributed by atoms with Crippen LogP contribution in [0.5, 0.6) is 0 Å². The number of hydrogen-bond donors (Lipinski definition) is 2. The van der Waals surface area contributed by atoms with Crippen LogP contribution in [0.2, 0.25) is 0 Å². The molecule has 2 fully saturated rings. The van der Waals surface area contributed by atoms with Crippen LogP contribution >= 0.6 is 0 Å². The van der Waals surface area contributed by atoms with Gasteiger partial charge in [0.1, 0.15) is 5.54 Å². The summed E-state index contributed by atoms with van der Waals surface area (Å²) in [4.78, 5) is 26.0. The number of carbonyl (C=O) groups is 2. The number of amides is 3. The molecule has 3 amide bonds. The van der Waals surface area contributed by atoms with E-state index in [4.69, 9.17) is 0 Å². The Balaban J connectivity index is 2.06. The minimum absolute atomic E-state index is 0.138. The topological polar surface area (TPSA) is 69.6 Å². The van der Waals surface area contributed by atoms with Crippen LogP contribution in [0, 0.1) is 0 Å². The largest absolute Gasteiger partial charge is 0.388 e. The van der Waals surface area contributed by atoms with Gasteiger partial charge in [-0.25, -0.2) is 4.79 Å². The molecule has 0 aromatic rings. The van der Waals surface area contributed by atoms with Crippen LogP contribution in [-0.2, 0) is 4.79 Å². The normalized spacial score (nSPS) is 29.4. The van der Waals surface area contributed by atoms with E-state index in [1.807, 2.05) is 0 Å². The van der Waals surface area contributed by atoms with Gasteiger partial charge in [0, 0.05) is 0 Å². The van der Waals surface area contributed by atoms with Crippen LogP contribution in [0.15, 0.2) is 0 Å². The molecule has 0 radical (unpaired) electrons. The number of urea groups is 1. The third-order valence-electron chi connectivity index (χ3n) is 4.86. The number of hydrogen-bond acceptors (Lipinski definition) is 3. The summed E-state index contributed by atoms with van der Waals surface area (Å²) in [5, 5.41) is 13.5. The van der Waals surface area contributed by atoms with E-state index in [-0.39, 0.29) is 18.5 Å². The SMILES string of the molecule is CCCC[C@@]1(C)NC(=O)N(CC2(O)CCCCCC2)C1=O. The van der Waals surface area contributed by atoms with E-state index >= 15 is 0 Å². The van der Waals surface area contributed by atoms with E-state index < -0.39 is 11.1 Å². The highest BCUT2D eigenvalue weighted by Crippen LogP contribution is 2.31. The maximum Gasteiger partial charge on any atom is 0.325 e. The summed E-state index contributed by atoms with van der Waals surface area (Å²) < 4.78 is 0. The van der Waals surface area contributed by atoms with Gasteiger partial charge in [-0.05, 0) is 26.2 Å². The van der Waals surface area contributed by atoms with Crippen LogP contribution in [0.25, 0.3) is 0 Å². The molecule has 120 valence electrons. The van der Waals surface area contributed by atoms with Crippen molar-refractivity contribution in [2.75, 3.05) is 6.54 Å². The molecule has 0 aromatic carbocycles. The molecule has 21 heavy (non-hydrogen) atoms. The fourth-order valence-corrected chi connectivity index (χ4v) is 3.43. The van der Waals surface area contributed by atoms with Gasteiger partial charge in [0.2, 0.25) is 0 Å². The highest BCUT2D eigenvalue weighted by atomic mass is 16.3. The molecule has 0 unspecified atom stereocenters. The molecule has 2 N–H and O–H groups in total. The number of nitrogens with one attached hydrogen (secondary N) is 1. The van der Waals surface area contributed by atoms with Gasteiger partial charge >= 0.3 is 6.03 Å². The number of β-amino-alcohol motifs (C(OH)–C–C–N with tert-alkyl or cyclic N) is 1. The second kappa shape index (κ2) is 6.34. The third kappa shape index (κ3) is 3.57. The van der Waals surface area contributed by atoms with Crippen LogP contribution in [0.4, 0.5) is 4.79 Å².